The molecule has 0 radical (unpaired) electrons. The number of aromatic amines is 1. The molecule has 6 nitrogen and oxygen atoms in total. The zero-order chi connectivity index (χ0) is 18.4. The number of nitrogens with one attached hydrogen (secondary N) is 1. The van der Waals surface area contributed by atoms with Crippen molar-refractivity contribution in [1.82, 2.24) is 9.88 Å². The second kappa shape index (κ2) is 8.53. The zero-order valence-corrected chi connectivity index (χ0v) is 15.2. The van der Waals surface area contributed by atoms with Gasteiger partial charge >= 0.3 is 5.97 Å². The Hall–Kier alpha value is -2.54. The quantitative estimate of drug-likeness (QED) is 0.467. The van der Waals surface area contributed by atoms with Gasteiger partial charge in [0.15, 0.2) is 12.4 Å². The molecule has 1 aromatic carbocycles. The first-order valence-corrected chi connectivity index (χ1v) is 8.86. The van der Waals surface area contributed by atoms with E-state index >= 15 is 0 Å². The highest BCUT2D eigenvalue weighted by Crippen LogP contribution is 2.15. The first-order valence-electron chi connectivity index (χ1n) is 7.64. The Kier molecular flexibility index (Phi) is 6.41. The zero-order valence-electron chi connectivity index (χ0n) is 14.4. The SMILES string of the molecule is CSc1ccc(CN(C)C(=O)COC(=O)c2cc(C(C)=O)c[nH]2)cc1. The summed E-state index contributed by atoms with van der Waals surface area (Å²) >= 11 is 1.65. The van der Waals surface area contributed by atoms with Crippen molar-refractivity contribution in [2.24, 2.45) is 0 Å². The highest BCUT2D eigenvalue weighted by atomic mass is 32.2. The second-order valence-corrected chi connectivity index (χ2v) is 6.41. The number of rotatable bonds is 7. The predicted octanol–water partition coefficient (Wildman–Crippen LogP) is 2.75. The van der Waals surface area contributed by atoms with E-state index < -0.39 is 5.97 Å². The molecule has 0 unspecified atom stereocenters. The number of esters is 1. The van der Waals surface area contributed by atoms with Gasteiger partial charge in [-0.1, -0.05) is 12.1 Å². The van der Waals surface area contributed by atoms with Crippen LogP contribution in [0.5, 0.6) is 0 Å². The molecule has 7 heteroatoms. The van der Waals surface area contributed by atoms with Gasteiger partial charge in [0.2, 0.25) is 0 Å². The molecule has 25 heavy (non-hydrogen) atoms. The number of nitrogens with zero attached hydrogens (tertiary/aromatic N) is 1. The number of likely N-dealkylation sites (N-methyl/N-ethyl adjacent to an activating group) is 1. The van der Waals surface area contributed by atoms with E-state index in [2.05, 4.69) is 4.98 Å². The van der Waals surface area contributed by atoms with Gasteiger partial charge in [-0.15, -0.1) is 11.8 Å². The summed E-state index contributed by atoms with van der Waals surface area (Å²) in [6.07, 6.45) is 3.44. The summed E-state index contributed by atoms with van der Waals surface area (Å²) < 4.78 is 5.00. The molecule has 0 aliphatic heterocycles. The Labute approximate surface area is 150 Å². The predicted molar refractivity (Wildman–Crippen MR) is 95.8 cm³/mol. The number of carbonyl (C=O) groups excluding carboxylic acids is 3. The van der Waals surface area contributed by atoms with E-state index in [9.17, 15) is 14.4 Å². The molecule has 0 aliphatic rings. The number of hydrogen-bond donors (Lipinski definition) is 1. The van der Waals surface area contributed by atoms with Crippen molar-refractivity contribution in [1.29, 1.82) is 0 Å². The first-order chi connectivity index (χ1) is 11.9. The van der Waals surface area contributed by atoms with Crippen molar-refractivity contribution in [3.8, 4) is 0 Å². The van der Waals surface area contributed by atoms with E-state index in [1.807, 2.05) is 30.5 Å². The standard InChI is InChI=1S/C18H20N2O4S/c1-12(21)14-8-16(19-9-14)18(23)24-11-17(22)20(2)10-13-4-6-15(25-3)7-5-13/h4-9,19H,10-11H2,1-3H3. The van der Waals surface area contributed by atoms with Crippen LogP contribution in [0, 0.1) is 0 Å². The molecular formula is C18H20N2O4S. The van der Waals surface area contributed by atoms with Crippen LogP contribution in [0.3, 0.4) is 0 Å². The van der Waals surface area contributed by atoms with Crippen molar-refractivity contribution in [3.05, 3.63) is 53.3 Å². The van der Waals surface area contributed by atoms with E-state index in [-0.39, 0.29) is 24.0 Å². The van der Waals surface area contributed by atoms with Crippen molar-refractivity contribution in [2.75, 3.05) is 19.9 Å². The molecule has 1 amide bonds. The summed E-state index contributed by atoms with van der Waals surface area (Å²) in [6.45, 7) is 1.48. The molecule has 1 heterocycles. The Morgan fingerprint density at radius 3 is 2.44 bits per heavy atom. The molecule has 0 saturated heterocycles. The Balaban J connectivity index is 1.85. The van der Waals surface area contributed by atoms with E-state index in [1.165, 1.54) is 24.1 Å². The van der Waals surface area contributed by atoms with Crippen molar-refractivity contribution < 1.29 is 19.1 Å². The van der Waals surface area contributed by atoms with E-state index in [1.54, 1.807) is 18.8 Å². The minimum absolute atomic E-state index is 0.147. The summed E-state index contributed by atoms with van der Waals surface area (Å²) in [5.74, 6) is -1.13. The number of thioether (sulfide) groups is 1. The lowest BCUT2D eigenvalue weighted by atomic mass is 10.2. The maximum absolute atomic E-state index is 12.1. The Bertz CT molecular complexity index is 768. The van der Waals surface area contributed by atoms with Crippen LogP contribution in [-0.4, -0.2) is 47.5 Å². The summed E-state index contributed by atoms with van der Waals surface area (Å²) in [4.78, 5) is 40.5. The number of ketones is 1. The fraction of sp³-hybridized carbons (Fsp3) is 0.278. The number of ether oxygens (including phenoxy) is 1. The molecule has 0 fully saturated rings. The molecule has 0 atom stereocenters. The van der Waals surface area contributed by atoms with Gasteiger partial charge in [-0.3, -0.25) is 9.59 Å². The third-order valence-electron chi connectivity index (χ3n) is 3.64. The third-order valence-corrected chi connectivity index (χ3v) is 4.38. The lowest BCUT2D eigenvalue weighted by Gasteiger charge is -2.17. The number of H-pyrrole nitrogens is 1. The van der Waals surface area contributed by atoms with Gasteiger partial charge in [-0.05, 0) is 36.9 Å². The third kappa shape index (κ3) is 5.22. The number of hydrogen-bond acceptors (Lipinski definition) is 5. The lowest BCUT2D eigenvalue weighted by Crippen LogP contribution is -2.30. The van der Waals surface area contributed by atoms with Gasteiger partial charge in [0.1, 0.15) is 5.69 Å². The van der Waals surface area contributed by atoms with Gasteiger partial charge in [0.05, 0.1) is 0 Å². The maximum Gasteiger partial charge on any atom is 0.355 e. The van der Waals surface area contributed by atoms with Crippen molar-refractivity contribution in [3.63, 3.8) is 0 Å². The Morgan fingerprint density at radius 1 is 1.20 bits per heavy atom. The van der Waals surface area contributed by atoms with Crippen LogP contribution in [0.15, 0.2) is 41.4 Å². The van der Waals surface area contributed by atoms with Gasteiger partial charge in [0.25, 0.3) is 5.91 Å². The molecule has 2 aromatic rings. The van der Waals surface area contributed by atoms with Crippen molar-refractivity contribution >= 4 is 29.4 Å². The molecule has 0 spiro atoms. The van der Waals surface area contributed by atoms with Crippen LogP contribution < -0.4 is 0 Å². The fourth-order valence-corrected chi connectivity index (χ4v) is 2.53. The second-order valence-electron chi connectivity index (χ2n) is 5.53. The average molecular weight is 360 g/mol. The van der Waals surface area contributed by atoms with E-state index in [0.717, 1.165) is 10.5 Å². The summed E-state index contributed by atoms with van der Waals surface area (Å²) in [5, 5.41) is 0. The highest BCUT2D eigenvalue weighted by molar-refractivity contribution is 7.98. The van der Waals surface area contributed by atoms with Crippen LogP contribution in [0.2, 0.25) is 0 Å². The minimum Gasteiger partial charge on any atom is -0.451 e. The number of aromatic nitrogens is 1. The summed E-state index contributed by atoms with van der Waals surface area (Å²) in [7, 11) is 1.65. The van der Waals surface area contributed by atoms with E-state index in [4.69, 9.17) is 4.74 Å². The lowest BCUT2D eigenvalue weighted by molar-refractivity contribution is -0.133. The van der Waals surface area contributed by atoms with Crippen LogP contribution in [-0.2, 0) is 16.1 Å². The molecule has 0 bridgehead atoms. The molecule has 132 valence electrons. The highest BCUT2D eigenvalue weighted by Gasteiger charge is 2.16. The molecule has 0 saturated carbocycles. The number of amides is 1. The first kappa shape index (κ1) is 18.8. The maximum atomic E-state index is 12.1. The minimum atomic E-state index is -0.668. The molecule has 1 aromatic heterocycles. The summed E-state index contributed by atoms with van der Waals surface area (Å²) in [6, 6.07) is 9.33. The van der Waals surface area contributed by atoms with Gasteiger partial charge in [0, 0.05) is 30.2 Å². The van der Waals surface area contributed by atoms with Crippen LogP contribution in [0.4, 0.5) is 0 Å². The molecule has 0 aliphatic carbocycles. The summed E-state index contributed by atoms with van der Waals surface area (Å²) in [5.41, 5.74) is 1.54. The van der Waals surface area contributed by atoms with Gasteiger partial charge in [-0.25, -0.2) is 4.79 Å². The fourth-order valence-electron chi connectivity index (χ4n) is 2.12. The van der Waals surface area contributed by atoms with Crippen LogP contribution >= 0.6 is 11.8 Å². The largest absolute Gasteiger partial charge is 0.451 e. The smallest absolute Gasteiger partial charge is 0.355 e. The van der Waals surface area contributed by atoms with Crippen molar-refractivity contribution in [2.45, 2.75) is 18.4 Å². The topological polar surface area (TPSA) is 79.5 Å². The van der Waals surface area contributed by atoms with Gasteiger partial charge in [-0.2, -0.15) is 0 Å². The monoisotopic (exact) mass is 360 g/mol. The molecule has 1 N–H and O–H groups in total. The average Bonchev–Trinajstić information content (AvgIpc) is 3.10. The van der Waals surface area contributed by atoms with E-state index in [0.29, 0.717) is 12.1 Å². The molecule has 2 rings (SSSR count). The number of Topliss-reactive ketones (excluding diaryl/α,β-unsaturated/α-hetero) is 1. The molecular weight excluding hydrogens is 340 g/mol. The van der Waals surface area contributed by atoms with Crippen LogP contribution in [0.1, 0.15) is 33.3 Å². The number of carbonyl (C=O) groups is 3. The normalized spacial score (nSPS) is 10.4. The van der Waals surface area contributed by atoms with Gasteiger partial charge < -0.3 is 14.6 Å². The number of benzene rings is 1. The Morgan fingerprint density at radius 2 is 1.88 bits per heavy atom. The van der Waals surface area contributed by atoms with Crippen LogP contribution in [0.25, 0.3) is 0 Å².